The molecule has 1 aliphatic heterocycles. The standard InChI is InChI=1S/C46H53N3O4S/c1-45(2,3)53-44(51)47-39(34-54-46(36-20-8-5-9-21-36,37-22-10-6-11-23-37)38-24-12-7-13-25-38)32-48-29-30-49(33-40(48)26-17-31-52-4)43(50)42-28-16-19-35-18-14-15-27-41(35)42/h5-16,18-25,27-28,39-40H,17,26,29-34H2,1-4H3,(H,47,51)/t39-,40+/m1/s1. The summed E-state index contributed by atoms with van der Waals surface area (Å²) < 4.78 is 10.8. The van der Waals surface area contributed by atoms with Crippen LogP contribution < -0.4 is 5.32 Å². The Morgan fingerprint density at radius 3 is 1.94 bits per heavy atom. The Morgan fingerprint density at radius 2 is 1.35 bits per heavy atom. The highest BCUT2D eigenvalue weighted by Gasteiger charge is 2.39. The van der Waals surface area contributed by atoms with E-state index in [0.29, 0.717) is 38.5 Å². The number of nitrogens with zero attached hydrogens (tertiary/aromatic N) is 2. The number of nitrogens with one attached hydrogen (secondary N) is 1. The maximum atomic E-state index is 14.1. The van der Waals surface area contributed by atoms with Crippen molar-refractivity contribution in [1.82, 2.24) is 15.1 Å². The molecule has 0 aliphatic carbocycles. The normalized spacial score (nSPS) is 15.9. The van der Waals surface area contributed by atoms with Gasteiger partial charge in [0.2, 0.25) is 0 Å². The van der Waals surface area contributed by atoms with Crippen LogP contribution in [-0.4, -0.2) is 85.1 Å². The number of benzene rings is 5. The lowest BCUT2D eigenvalue weighted by Crippen LogP contribution is -2.58. The Kier molecular flexibility index (Phi) is 13.1. The van der Waals surface area contributed by atoms with Crippen LogP contribution in [-0.2, 0) is 14.2 Å². The van der Waals surface area contributed by atoms with Crippen LogP contribution >= 0.6 is 11.8 Å². The number of alkyl carbamates (subject to hydrolysis) is 1. The molecule has 0 radical (unpaired) electrons. The van der Waals surface area contributed by atoms with Gasteiger partial charge in [-0.1, -0.05) is 127 Å². The van der Waals surface area contributed by atoms with Crippen molar-refractivity contribution in [2.75, 3.05) is 45.6 Å². The maximum absolute atomic E-state index is 14.1. The molecule has 5 aromatic rings. The lowest BCUT2D eigenvalue weighted by atomic mass is 9.84. The molecule has 1 heterocycles. The van der Waals surface area contributed by atoms with Crippen molar-refractivity contribution in [1.29, 1.82) is 0 Å². The second kappa shape index (κ2) is 18.1. The zero-order chi connectivity index (χ0) is 38.0. The number of thioether (sulfide) groups is 1. The summed E-state index contributed by atoms with van der Waals surface area (Å²) >= 11 is 1.83. The minimum atomic E-state index is -0.639. The molecule has 282 valence electrons. The summed E-state index contributed by atoms with van der Waals surface area (Å²) in [5.41, 5.74) is 3.60. The smallest absolute Gasteiger partial charge is 0.407 e. The van der Waals surface area contributed by atoms with E-state index in [4.69, 9.17) is 9.47 Å². The molecule has 0 bridgehead atoms. The zero-order valence-corrected chi connectivity index (χ0v) is 32.8. The van der Waals surface area contributed by atoms with Gasteiger partial charge in [0.25, 0.3) is 5.91 Å². The lowest BCUT2D eigenvalue weighted by molar-refractivity contribution is 0.0372. The Bertz CT molecular complexity index is 1850. The van der Waals surface area contributed by atoms with E-state index in [-0.39, 0.29) is 18.0 Å². The van der Waals surface area contributed by atoms with Gasteiger partial charge in [-0.05, 0) is 67.1 Å². The number of carbonyl (C=O) groups excluding carboxylic acids is 2. The number of amides is 2. The molecular formula is C46H53N3O4S. The number of fused-ring (bicyclic) bond motifs is 1. The van der Waals surface area contributed by atoms with E-state index >= 15 is 0 Å². The molecule has 0 unspecified atom stereocenters. The number of rotatable bonds is 14. The van der Waals surface area contributed by atoms with E-state index in [9.17, 15) is 9.59 Å². The highest BCUT2D eigenvalue weighted by molar-refractivity contribution is 8.00. The Hall–Kier alpha value is -4.63. The van der Waals surface area contributed by atoms with Crippen molar-refractivity contribution in [3.05, 3.63) is 156 Å². The Labute approximate surface area is 325 Å². The van der Waals surface area contributed by atoms with E-state index in [2.05, 4.69) is 113 Å². The third kappa shape index (κ3) is 9.53. The Balaban J connectivity index is 1.30. The fraction of sp³-hybridized carbons (Fsp3) is 0.348. The lowest BCUT2D eigenvalue weighted by Gasteiger charge is -2.43. The van der Waals surface area contributed by atoms with E-state index < -0.39 is 16.4 Å². The fourth-order valence-corrected chi connectivity index (χ4v) is 9.08. The van der Waals surface area contributed by atoms with Gasteiger partial charge in [-0.2, -0.15) is 0 Å². The van der Waals surface area contributed by atoms with E-state index in [1.54, 1.807) is 7.11 Å². The second-order valence-electron chi connectivity index (χ2n) is 15.0. The van der Waals surface area contributed by atoms with Gasteiger partial charge in [-0.3, -0.25) is 9.69 Å². The van der Waals surface area contributed by atoms with Crippen LogP contribution in [0.3, 0.4) is 0 Å². The molecule has 1 aliphatic rings. The number of piperazine rings is 1. The first-order valence-corrected chi connectivity index (χ1v) is 20.0. The molecule has 54 heavy (non-hydrogen) atoms. The Morgan fingerprint density at radius 1 is 0.778 bits per heavy atom. The zero-order valence-electron chi connectivity index (χ0n) is 31.9. The number of methoxy groups -OCH3 is 1. The van der Waals surface area contributed by atoms with Gasteiger partial charge in [0.15, 0.2) is 0 Å². The van der Waals surface area contributed by atoms with Crippen molar-refractivity contribution >= 4 is 34.5 Å². The molecule has 1 saturated heterocycles. The summed E-state index contributed by atoms with van der Waals surface area (Å²) in [5, 5.41) is 5.32. The SMILES string of the molecule is COCCC[C@H]1CN(C(=O)c2cccc3ccccc23)CCN1C[C@H](CSC(c1ccccc1)(c1ccccc1)c1ccccc1)NC(=O)OC(C)(C)C. The molecule has 7 nitrogen and oxygen atoms in total. The minimum absolute atomic E-state index is 0.0561. The van der Waals surface area contributed by atoms with Crippen LogP contribution in [0.1, 0.15) is 60.7 Å². The van der Waals surface area contributed by atoms with Crippen LogP contribution in [0.25, 0.3) is 10.8 Å². The van der Waals surface area contributed by atoms with Crippen LogP contribution in [0.4, 0.5) is 4.79 Å². The van der Waals surface area contributed by atoms with Crippen LogP contribution in [0.2, 0.25) is 0 Å². The maximum Gasteiger partial charge on any atom is 0.407 e. The number of hydrogen-bond acceptors (Lipinski definition) is 6. The van der Waals surface area contributed by atoms with Gasteiger partial charge >= 0.3 is 6.09 Å². The molecule has 8 heteroatoms. The fourth-order valence-electron chi connectivity index (χ4n) is 7.53. The van der Waals surface area contributed by atoms with Gasteiger partial charge < -0.3 is 19.7 Å². The average molecular weight is 744 g/mol. The van der Waals surface area contributed by atoms with E-state index in [1.807, 2.05) is 67.8 Å². The molecule has 2 atom stereocenters. The van der Waals surface area contributed by atoms with Gasteiger partial charge in [-0.15, -0.1) is 11.8 Å². The van der Waals surface area contributed by atoms with Crippen LogP contribution in [0.15, 0.2) is 133 Å². The van der Waals surface area contributed by atoms with Crippen LogP contribution in [0, 0.1) is 0 Å². The van der Waals surface area contributed by atoms with E-state index in [0.717, 1.165) is 29.2 Å². The monoisotopic (exact) mass is 743 g/mol. The molecule has 1 N–H and O–H groups in total. The first-order valence-electron chi connectivity index (χ1n) is 19.0. The number of hydrogen-bond donors (Lipinski definition) is 1. The summed E-state index contributed by atoms with van der Waals surface area (Å²) in [6.07, 6.45) is 1.30. The third-order valence-electron chi connectivity index (χ3n) is 10.0. The van der Waals surface area contributed by atoms with Crippen molar-refractivity contribution in [3.63, 3.8) is 0 Å². The molecule has 1 fully saturated rings. The summed E-state index contributed by atoms with van der Waals surface area (Å²) in [6, 6.07) is 45.7. The average Bonchev–Trinajstić information content (AvgIpc) is 3.18. The van der Waals surface area contributed by atoms with Crippen molar-refractivity contribution < 1.29 is 19.1 Å². The predicted molar refractivity (Wildman–Crippen MR) is 221 cm³/mol. The minimum Gasteiger partial charge on any atom is -0.444 e. The second-order valence-corrected chi connectivity index (χ2v) is 16.2. The first-order chi connectivity index (χ1) is 26.2. The highest BCUT2D eigenvalue weighted by atomic mass is 32.2. The third-order valence-corrected chi connectivity index (χ3v) is 11.7. The summed E-state index contributed by atoms with van der Waals surface area (Å²) in [6.45, 7) is 8.79. The van der Waals surface area contributed by atoms with E-state index in [1.165, 1.54) is 16.7 Å². The van der Waals surface area contributed by atoms with Crippen LogP contribution in [0.5, 0.6) is 0 Å². The molecule has 6 rings (SSSR count). The van der Waals surface area contributed by atoms with Gasteiger partial charge in [0.05, 0.1) is 10.8 Å². The van der Waals surface area contributed by atoms with Gasteiger partial charge in [0.1, 0.15) is 5.60 Å². The molecule has 0 spiro atoms. The first kappa shape index (κ1) is 39.1. The van der Waals surface area contributed by atoms with Crippen molar-refractivity contribution in [3.8, 4) is 0 Å². The molecule has 0 saturated carbocycles. The molecular weight excluding hydrogens is 691 g/mol. The predicted octanol–water partition coefficient (Wildman–Crippen LogP) is 9.01. The quantitative estimate of drug-likeness (QED) is 0.0905. The van der Waals surface area contributed by atoms with Gasteiger partial charge in [0, 0.05) is 57.3 Å². The number of carbonyl (C=O) groups is 2. The summed E-state index contributed by atoms with van der Waals surface area (Å²) in [7, 11) is 1.73. The molecule has 5 aromatic carbocycles. The topological polar surface area (TPSA) is 71.1 Å². The van der Waals surface area contributed by atoms with Crippen molar-refractivity contribution in [2.24, 2.45) is 0 Å². The summed E-state index contributed by atoms with van der Waals surface area (Å²) in [4.78, 5) is 32.1. The van der Waals surface area contributed by atoms with Gasteiger partial charge in [-0.25, -0.2) is 4.79 Å². The molecule has 2 amide bonds. The van der Waals surface area contributed by atoms with Crippen molar-refractivity contribution in [2.45, 2.75) is 56.0 Å². The number of ether oxygens (including phenoxy) is 2. The largest absolute Gasteiger partial charge is 0.444 e. The molecule has 0 aromatic heterocycles. The summed E-state index contributed by atoms with van der Waals surface area (Å²) in [5.74, 6) is 0.665. The highest BCUT2D eigenvalue weighted by Crippen LogP contribution is 2.48.